The lowest BCUT2D eigenvalue weighted by molar-refractivity contribution is -0.144. The summed E-state index contributed by atoms with van der Waals surface area (Å²) in [4.78, 5) is 22.3. The van der Waals surface area contributed by atoms with E-state index in [0.29, 0.717) is 6.42 Å². The first-order valence-corrected chi connectivity index (χ1v) is 5.09. The molecule has 0 bridgehead atoms. The van der Waals surface area contributed by atoms with E-state index in [9.17, 15) is 9.59 Å². The van der Waals surface area contributed by atoms with Crippen molar-refractivity contribution in [1.82, 2.24) is 0 Å². The molecule has 88 valence electrons. The van der Waals surface area contributed by atoms with Crippen molar-refractivity contribution in [2.75, 3.05) is 6.54 Å². The standard InChI is InChI=1S/C10H20N2O3/c1-6(2)3-7(10(14)15)4-9(13)8(12)5-11/h6-8H,3-5,11-12H2,1-2H3,(H,14,15)/t7-,8+/m0/s1. The molecule has 5 heteroatoms. The molecule has 5 N–H and O–H groups in total. The van der Waals surface area contributed by atoms with E-state index < -0.39 is 17.9 Å². The number of hydrogen-bond acceptors (Lipinski definition) is 4. The molecular formula is C10H20N2O3. The zero-order valence-electron chi connectivity index (χ0n) is 9.27. The van der Waals surface area contributed by atoms with Crippen LogP contribution in [0, 0.1) is 11.8 Å². The Balaban J connectivity index is 4.29. The molecule has 0 spiro atoms. The highest BCUT2D eigenvalue weighted by atomic mass is 16.4. The fourth-order valence-electron chi connectivity index (χ4n) is 1.37. The number of carbonyl (C=O) groups is 2. The smallest absolute Gasteiger partial charge is 0.306 e. The van der Waals surface area contributed by atoms with E-state index in [1.165, 1.54) is 0 Å². The second-order valence-corrected chi connectivity index (χ2v) is 4.18. The summed E-state index contributed by atoms with van der Waals surface area (Å²) in [6.45, 7) is 3.90. The molecule has 0 fully saturated rings. The quantitative estimate of drug-likeness (QED) is 0.554. The Morgan fingerprint density at radius 3 is 2.20 bits per heavy atom. The van der Waals surface area contributed by atoms with Gasteiger partial charge in [-0.3, -0.25) is 9.59 Å². The lowest BCUT2D eigenvalue weighted by atomic mass is 9.91. The van der Waals surface area contributed by atoms with Crippen molar-refractivity contribution in [3.8, 4) is 0 Å². The van der Waals surface area contributed by atoms with Crippen LogP contribution in [0.2, 0.25) is 0 Å². The Hall–Kier alpha value is -0.940. The average molecular weight is 216 g/mol. The van der Waals surface area contributed by atoms with Crippen LogP contribution in [0.25, 0.3) is 0 Å². The molecule has 0 aromatic rings. The van der Waals surface area contributed by atoms with Gasteiger partial charge in [-0.1, -0.05) is 13.8 Å². The zero-order chi connectivity index (χ0) is 12.0. The Morgan fingerprint density at radius 2 is 1.87 bits per heavy atom. The number of hydrogen-bond donors (Lipinski definition) is 3. The second kappa shape index (κ2) is 6.53. The first kappa shape index (κ1) is 14.1. The third kappa shape index (κ3) is 5.49. The van der Waals surface area contributed by atoms with Crippen LogP contribution in [0.3, 0.4) is 0 Å². The summed E-state index contributed by atoms with van der Waals surface area (Å²) >= 11 is 0. The number of aliphatic carboxylic acids is 1. The van der Waals surface area contributed by atoms with Gasteiger partial charge in [0.25, 0.3) is 0 Å². The van der Waals surface area contributed by atoms with Crippen LogP contribution >= 0.6 is 0 Å². The van der Waals surface area contributed by atoms with Crippen LogP contribution in [-0.2, 0) is 9.59 Å². The minimum absolute atomic E-state index is 0.0219. The van der Waals surface area contributed by atoms with Gasteiger partial charge in [-0.05, 0) is 12.3 Å². The number of Topliss-reactive ketones (excluding diaryl/α,β-unsaturated/α-hetero) is 1. The Kier molecular flexibility index (Phi) is 6.12. The Labute approximate surface area is 89.8 Å². The molecule has 0 aliphatic heterocycles. The summed E-state index contributed by atoms with van der Waals surface area (Å²) in [6.07, 6.45) is 0.463. The summed E-state index contributed by atoms with van der Waals surface area (Å²) in [7, 11) is 0. The highest BCUT2D eigenvalue weighted by Crippen LogP contribution is 2.16. The average Bonchev–Trinajstić information content (AvgIpc) is 2.14. The van der Waals surface area contributed by atoms with Crippen molar-refractivity contribution in [3.63, 3.8) is 0 Å². The van der Waals surface area contributed by atoms with Crippen molar-refractivity contribution < 1.29 is 14.7 Å². The molecule has 0 heterocycles. The maximum Gasteiger partial charge on any atom is 0.306 e. The summed E-state index contributed by atoms with van der Waals surface area (Å²) in [5, 5.41) is 8.90. The molecule has 0 saturated heterocycles. The molecule has 0 aliphatic carbocycles. The summed E-state index contributed by atoms with van der Waals surface area (Å²) in [6, 6.07) is -0.737. The van der Waals surface area contributed by atoms with E-state index >= 15 is 0 Å². The van der Waals surface area contributed by atoms with Crippen molar-refractivity contribution >= 4 is 11.8 Å². The van der Waals surface area contributed by atoms with E-state index in [4.69, 9.17) is 16.6 Å². The number of carboxylic acids is 1. The lowest BCUT2D eigenvalue weighted by Crippen LogP contribution is -2.39. The van der Waals surface area contributed by atoms with Crippen molar-refractivity contribution in [2.45, 2.75) is 32.7 Å². The van der Waals surface area contributed by atoms with Gasteiger partial charge in [-0.15, -0.1) is 0 Å². The van der Waals surface area contributed by atoms with Crippen molar-refractivity contribution in [2.24, 2.45) is 23.3 Å². The monoisotopic (exact) mass is 216 g/mol. The number of rotatable bonds is 7. The van der Waals surface area contributed by atoms with E-state index in [1.54, 1.807) is 0 Å². The van der Waals surface area contributed by atoms with Gasteiger partial charge < -0.3 is 16.6 Å². The van der Waals surface area contributed by atoms with Crippen molar-refractivity contribution in [1.29, 1.82) is 0 Å². The van der Waals surface area contributed by atoms with Gasteiger partial charge in [-0.2, -0.15) is 0 Å². The van der Waals surface area contributed by atoms with Crippen LogP contribution < -0.4 is 11.5 Å². The van der Waals surface area contributed by atoms with Crippen LogP contribution in [0.5, 0.6) is 0 Å². The number of carboxylic acid groups (broad SMARTS) is 1. The topological polar surface area (TPSA) is 106 Å². The van der Waals surface area contributed by atoms with Crippen LogP contribution in [-0.4, -0.2) is 29.4 Å². The second-order valence-electron chi connectivity index (χ2n) is 4.18. The molecular weight excluding hydrogens is 196 g/mol. The SMILES string of the molecule is CC(C)C[C@@H](CC(=O)[C@H](N)CN)C(=O)O. The maximum absolute atomic E-state index is 11.4. The maximum atomic E-state index is 11.4. The lowest BCUT2D eigenvalue weighted by Gasteiger charge is -2.15. The molecule has 0 saturated carbocycles. The van der Waals surface area contributed by atoms with Gasteiger partial charge >= 0.3 is 5.97 Å². The van der Waals surface area contributed by atoms with Crippen LogP contribution in [0.1, 0.15) is 26.7 Å². The number of nitrogens with two attached hydrogens (primary N) is 2. The molecule has 0 unspecified atom stereocenters. The van der Waals surface area contributed by atoms with Crippen LogP contribution in [0.15, 0.2) is 0 Å². The normalized spacial score (nSPS) is 15.0. The third-order valence-corrected chi connectivity index (χ3v) is 2.22. The van der Waals surface area contributed by atoms with Gasteiger partial charge in [0.05, 0.1) is 12.0 Å². The molecule has 0 aromatic heterocycles. The summed E-state index contributed by atoms with van der Waals surface area (Å²) in [5.74, 6) is -1.62. The fourth-order valence-corrected chi connectivity index (χ4v) is 1.37. The minimum Gasteiger partial charge on any atom is -0.481 e. The van der Waals surface area contributed by atoms with Gasteiger partial charge in [0.15, 0.2) is 5.78 Å². The predicted molar refractivity (Wildman–Crippen MR) is 57.2 cm³/mol. The summed E-state index contributed by atoms with van der Waals surface area (Å²) in [5.41, 5.74) is 10.7. The van der Waals surface area contributed by atoms with Gasteiger partial charge in [0.1, 0.15) is 0 Å². The molecule has 0 radical (unpaired) electrons. The number of carbonyl (C=O) groups excluding carboxylic acids is 1. The molecule has 5 nitrogen and oxygen atoms in total. The van der Waals surface area contributed by atoms with Gasteiger partial charge in [0.2, 0.25) is 0 Å². The van der Waals surface area contributed by atoms with Crippen molar-refractivity contribution in [3.05, 3.63) is 0 Å². The third-order valence-electron chi connectivity index (χ3n) is 2.22. The highest BCUT2D eigenvalue weighted by Gasteiger charge is 2.24. The first-order valence-electron chi connectivity index (χ1n) is 5.09. The van der Waals surface area contributed by atoms with Gasteiger partial charge in [0, 0.05) is 13.0 Å². The molecule has 0 aromatic carbocycles. The number of ketones is 1. The van der Waals surface area contributed by atoms with E-state index in [0.717, 1.165) is 0 Å². The van der Waals surface area contributed by atoms with E-state index in [2.05, 4.69) is 0 Å². The zero-order valence-corrected chi connectivity index (χ0v) is 9.27. The van der Waals surface area contributed by atoms with E-state index in [1.807, 2.05) is 13.8 Å². The summed E-state index contributed by atoms with van der Waals surface area (Å²) < 4.78 is 0. The van der Waals surface area contributed by atoms with E-state index in [-0.39, 0.29) is 24.7 Å². The molecule has 0 amide bonds. The molecule has 0 rings (SSSR count). The fraction of sp³-hybridized carbons (Fsp3) is 0.800. The molecule has 15 heavy (non-hydrogen) atoms. The minimum atomic E-state index is -0.943. The predicted octanol–water partition coefficient (Wildman–Crippen LogP) is -0.0215. The molecule has 2 atom stereocenters. The Morgan fingerprint density at radius 1 is 1.33 bits per heavy atom. The Bertz CT molecular complexity index is 229. The first-order chi connectivity index (χ1) is 6.88. The molecule has 0 aliphatic rings. The van der Waals surface area contributed by atoms with Gasteiger partial charge in [-0.25, -0.2) is 0 Å². The largest absolute Gasteiger partial charge is 0.481 e. The highest BCUT2D eigenvalue weighted by molar-refractivity contribution is 5.87. The van der Waals surface area contributed by atoms with Crippen LogP contribution in [0.4, 0.5) is 0 Å².